The van der Waals surface area contributed by atoms with Gasteiger partial charge in [0.2, 0.25) is 11.8 Å². The lowest BCUT2D eigenvalue weighted by molar-refractivity contribution is 0.232. The van der Waals surface area contributed by atoms with Crippen LogP contribution >= 0.6 is 0 Å². The minimum Gasteiger partial charge on any atom is -0.475 e. The fourth-order valence-electron chi connectivity index (χ4n) is 4.18. The van der Waals surface area contributed by atoms with E-state index in [9.17, 15) is 0 Å². The van der Waals surface area contributed by atoms with Gasteiger partial charge in [-0.25, -0.2) is 0 Å². The Morgan fingerprint density at radius 3 is 2.00 bits per heavy atom. The number of ether oxygens (including phenoxy) is 2. The first kappa shape index (κ1) is 28.5. The Labute approximate surface area is 236 Å². The molecule has 0 fully saturated rings. The van der Waals surface area contributed by atoms with E-state index < -0.39 is 0 Å². The lowest BCUT2D eigenvalue weighted by Gasteiger charge is -2.21. The number of nitrogens with zero attached hydrogens (tertiary/aromatic N) is 3. The third-order valence-electron chi connectivity index (χ3n) is 6.15. The van der Waals surface area contributed by atoms with Crippen LogP contribution in [0.5, 0.6) is 11.8 Å². The second-order valence-corrected chi connectivity index (χ2v) is 10.3. The normalized spacial score (nSPS) is 12.7. The Balaban J connectivity index is 1.65. The molecule has 4 rings (SSSR count). The molecule has 9 heteroatoms. The molecule has 0 aliphatic rings. The van der Waals surface area contributed by atoms with Crippen molar-refractivity contribution in [2.45, 2.75) is 65.8 Å². The second kappa shape index (κ2) is 12.5. The number of nitrogen functional groups attached to an aromatic ring is 2. The minimum absolute atomic E-state index is 0.00481. The molecular weight excluding hydrogens is 502 g/mol. The van der Waals surface area contributed by atoms with Gasteiger partial charge in [0, 0.05) is 17.7 Å². The van der Waals surface area contributed by atoms with Crippen LogP contribution < -0.4 is 31.6 Å². The number of benzene rings is 1. The average Bonchev–Trinajstić information content (AvgIpc) is 2.92. The van der Waals surface area contributed by atoms with E-state index in [4.69, 9.17) is 25.9 Å². The summed E-state index contributed by atoms with van der Waals surface area (Å²) in [6, 6.07) is 21.1. The topological polar surface area (TPSA) is 133 Å². The van der Waals surface area contributed by atoms with E-state index in [1.165, 1.54) is 0 Å². The first-order valence-electron chi connectivity index (χ1n) is 13.6. The highest BCUT2D eigenvalue weighted by atomic mass is 16.5. The summed E-state index contributed by atoms with van der Waals surface area (Å²) >= 11 is 0. The molecule has 3 aromatic heterocycles. The molecule has 0 saturated heterocycles. The smallest absolute Gasteiger partial charge is 0.216 e. The molecule has 0 bridgehead atoms. The highest BCUT2D eigenvalue weighted by Crippen LogP contribution is 2.35. The number of nitrogens with one attached hydrogen (secondary N) is 2. The molecular formula is C31H39N7O2. The number of rotatable bonds is 11. The van der Waals surface area contributed by atoms with Crippen LogP contribution in [0, 0.1) is 0 Å². The van der Waals surface area contributed by atoms with Crippen molar-refractivity contribution in [3.05, 3.63) is 78.0 Å². The lowest BCUT2D eigenvalue weighted by Crippen LogP contribution is -2.14. The Morgan fingerprint density at radius 2 is 1.30 bits per heavy atom. The summed E-state index contributed by atoms with van der Waals surface area (Å²) in [6.07, 6.45) is -0.0505. The Hall–Kier alpha value is -4.53. The van der Waals surface area contributed by atoms with E-state index in [0.717, 1.165) is 16.8 Å². The summed E-state index contributed by atoms with van der Waals surface area (Å²) in [5, 5.41) is 6.82. The molecule has 40 heavy (non-hydrogen) atoms. The predicted molar refractivity (Wildman–Crippen MR) is 163 cm³/mol. The average molecular weight is 542 g/mol. The Kier molecular flexibility index (Phi) is 8.93. The fourth-order valence-corrected chi connectivity index (χ4v) is 4.18. The predicted octanol–water partition coefficient (Wildman–Crippen LogP) is 6.62. The molecule has 0 spiro atoms. The molecule has 3 heterocycles. The molecule has 2 unspecified atom stereocenters. The highest BCUT2D eigenvalue weighted by Gasteiger charge is 2.18. The lowest BCUT2D eigenvalue weighted by atomic mass is 10.1. The molecule has 0 aliphatic heterocycles. The van der Waals surface area contributed by atoms with E-state index in [1.807, 2.05) is 77.1 Å². The van der Waals surface area contributed by atoms with Gasteiger partial charge < -0.3 is 31.6 Å². The van der Waals surface area contributed by atoms with Crippen molar-refractivity contribution in [3.8, 4) is 23.0 Å². The maximum absolute atomic E-state index is 6.69. The van der Waals surface area contributed by atoms with Gasteiger partial charge in [-0.3, -0.25) is 4.98 Å². The van der Waals surface area contributed by atoms with Crippen LogP contribution in [0.15, 0.2) is 66.7 Å². The largest absolute Gasteiger partial charge is 0.475 e. The summed E-state index contributed by atoms with van der Waals surface area (Å²) in [7, 11) is 0. The molecule has 0 saturated carbocycles. The maximum atomic E-state index is 6.69. The van der Waals surface area contributed by atoms with Crippen LogP contribution in [0.4, 0.5) is 23.0 Å². The van der Waals surface area contributed by atoms with Crippen molar-refractivity contribution in [1.29, 1.82) is 0 Å². The third-order valence-corrected chi connectivity index (χ3v) is 6.15. The Bertz CT molecular complexity index is 1430. The van der Waals surface area contributed by atoms with E-state index in [1.54, 1.807) is 12.1 Å². The molecule has 6 N–H and O–H groups in total. The number of hydrogen-bond acceptors (Lipinski definition) is 9. The third kappa shape index (κ3) is 7.11. The van der Waals surface area contributed by atoms with Crippen LogP contribution in [-0.4, -0.2) is 27.2 Å². The zero-order valence-corrected chi connectivity index (χ0v) is 24.0. The molecule has 210 valence electrons. The number of nitrogens with two attached hydrogens (primary N) is 2. The van der Waals surface area contributed by atoms with Crippen molar-refractivity contribution >= 4 is 23.0 Å². The van der Waals surface area contributed by atoms with E-state index in [2.05, 4.69) is 39.7 Å². The van der Waals surface area contributed by atoms with E-state index in [-0.39, 0.29) is 24.3 Å². The van der Waals surface area contributed by atoms with Crippen LogP contribution in [0.3, 0.4) is 0 Å². The van der Waals surface area contributed by atoms with Crippen molar-refractivity contribution in [1.82, 2.24) is 15.0 Å². The molecule has 1 aromatic carbocycles. The highest BCUT2D eigenvalue weighted by molar-refractivity contribution is 5.83. The zero-order valence-electron chi connectivity index (χ0n) is 24.0. The summed E-state index contributed by atoms with van der Waals surface area (Å²) < 4.78 is 11.7. The molecule has 4 aromatic rings. The maximum Gasteiger partial charge on any atom is 0.216 e. The zero-order chi connectivity index (χ0) is 28.8. The first-order chi connectivity index (χ1) is 19.1. The summed E-state index contributed by atoms with van der Waals surface area (Å²) in [5.74, 6) is 2.06. The molecule has 0 aliphatic carbocycles. The second-order valence-electron chi connectivity index (χ2n) is 10.3. The molecule has 0 radical (unpaired) electrons. The van der Waals surface area contributed by atoms with Gasteiger partial charge in [-0.1, -0.05) is 36.4 Å². The van der Waals surface area contributed by atoms with Crippen LogP contribution in [0.1, 0.15) is 64.9 Å². The van der Waals surface area contributed by atoms with E-state index >= 15 is 0 Å². The van der Waals surface area contributed by atoms with Gasteiger partial charge in [-0.15, -0.1) is 0 Å². The van der Waals surface area contributed by atoms with Crippen molar-refractivity contribution < 1.29 is 9.47 Å². The number of pyridine rings is 3. The Morgan fingerprint density at radius 1 is 0.650 bits per heavy atom. The van der Waals surface area contributed by atoms with E-state index in [0.29, 0.717) is 40.5 Å². The first-order valence-corrected chi connectivity index (χ1v) is 13.6. The summed E-state index contributed by atoms with van der Waals surface area (Å²) in [6.45, 7) is 11.9. The van der Waals surface area contributed by atoms with Gasteiger partial charge in [-0.05, 0) is 65.3 Å². The quantitative estimate of drug-likeness (QED) is 0.165. The standard InChI is InChI=1S/C31H39N7O2/c1-18(2)39-27-16-15-24(32)30(37-27)35-21(6)25-13-10-14-26(36-25)23-17-28(40-19(3)4)38-31(29(23)33)34-20(5)22-11-8-7-9-12-22/h7-21H,32-33H2,1-6H3,(H,34,38)(H,35,37). The van der Waals surface area contributed by atoms with Gasteiger partial charge in [0.05, 0.1) is 47.1 Å². The molecule has 9 nitrogen and oxygen atoms in total. The van der Waals surface area contributed by atoms with Gasteiger partial charge in [-0.2, -0.15) is 9.97 Å². The molecule has 0 amide bonds. The van der Waals surface area contributed by atoms with Crippen LogP contribution in [0.2, 0.25) is 0 Å². The number of aromatic nitrogens is 3. The van der Waals surface area contributed by atoms with Crippen molar-refractivity contribution in [2.75, 3.05) is 22.1 Å². The van der Waals surface area contributed by atoms with Gasteiger partial charge >= 0.3 is 0 Å². The monoisotopic (exact) mass is 541 g/mol. The SMILES string of the molecule is CC(C)Oc1ccc(N)c(NC(C)c2cccc(-c3cc(OC(C)C)nc(NC(C)c4ccccc4)c3N)n2)n1. The summed E-state index contributed by atoms with van der Waals surface area (Å²) in [5.41, 5.74) is 17.3. The van der Waals surface area contributed by atoms with Crippen LogP contribution in [-0.2, 0) is 0 Å². The van der Waals surface area contributed by atoms with Gasteiger partial charge in [0.15, 0.2) is 11.6 Å². The fraction of sp³-hybridized carbons (Fsp3) is 0.323. The number of hydrogen-bond donors (Lipinski definition) is 4. The van der Waals surface area contributed by atoms with Gasteiger partial charge in [0.25, 0.3) is 0 Å². The number of anilines is 4. The minimum atomic E-state index is -0.200. The van der Waals surface area contributed by atoms with Crippen LogP contribution in [0.25, 0.3) is 11.3 Å². The summed E-state index contributed by atoms with van der Waals surface area (Å²) in [4.78, 5) is 14.2. The molecule has 2 atom stereocenters. The van der Waals surface area contributed by atoms with Gasteiger partial charge in [0.1, 0.15) is 0 Å². The van der Waals surface area contributed by atoms with Crippen molar-refractivity contribution in [2.24, 2.45) is 0 Å². The van der Waals surface area contributed by atoms with Crippen molar-refractivity contribution in [3.63, 3.8) is 0 Å².